The molecule has 0 aliphatic rings. The van der Waals surface area contributed by atoms with Crippen LogP contribution >= 0.6 is 11.6 Å². The topological polar surface area (TPSA) is 70.1 Å². The van der Waals surface area contributed by atoms with E-state index in [-0.39, 0.29) is 5.82 Å². The average molecular weight is 295 g/mol. The Hall–Kier alpha value is -2.21. The smallest absolute Gasteiger partial charge is 0.291 e. The van der Waals surface area contributed by atoms with Crippen LogP contribution in [0.3, 0.4) is 0 Å². The summed E-state index contributed by atoms with van der Waals surface area (Å²) in [5, 5.41) is 2.96. The Bertz CT molecular complexity index is 716. The lowest BCUT2D eigenvalue weighted by atomic mass is 10.3. The lowest BCUT2D eigenvalue weighted by molar-refractivity contribution is 0.0957. The number of rotatable bonds is 3. The number of nitrogens with zero attached hydrogens (tertiary/aromatic N) is 2. The molecular formula is C13H12ClFN4O. The van der Waals surface area contributed by atoms with Gasteiger partial charge in [-0.15, -0.1) is 0 Å². The highest BCUT2D eigenvalue weighted by Gasteiger charge is 2.11. The van der Waals surface area contributed by atoms with Crippen molar-refractivity contribution in [1.29, 1.82) is 0 Å². The zero-order valence-electron chi connectivity index (χ0n) is 10.9. The molecule has 0 aliphatic carbocycles. The van der Waals surface area contributed by atoms with Crippen LogP contribution in [0.15, 0.2) is 35.1 Å². The van der Waals surface area contributed by atoms with Crippen molar-refractivity contribution in [3.63, 3.8) is 0 Å². The quantitative estimate of drug-likeness (QED) is 0.854. The van der Waals surface area contributed by atoms with Crippen molar-refractivity contribution in [1.82, 2.24) is 15.3 Å². The SMILES string of the molecule is C/C(=C\N=C(/C)Cl)NC(=O)c1nc2cc(F)ccc2[nH]1. The highest BCUT2D eigenvalue weighted by atomic mass is 35.5. The van der Waals surface area contributed by atoms with E-state index in [9.17, 15) is 9.18 Å². The predicted molar refractivity (Wildman–Crippen MR) is 76.2 cm³/mol. The molecule has 0 spiro atoms. The lowest BCUT2D eigenvalue weighted by Crippen LogP contribution is -2.22. The summed E-state index contributed by atoms with van der Waals surface area (Å²) in [5.74, 6) is -0.735. The van der Waals surface area contributed by atoms with E-state index in [0.717, 1.165) is 0 Å². The number of nitrogens with one attached hydrogen (secondary N) is 2. The van der Waals surface area contributed by atoms with Crippen molar-refractivity contribution >= 4 is 33.7 Å². The first-order chi connectivity index (χ1) is 9.45. The molecule has 0 bridgehead atoms. The van der Waals surface area contributed by atoms with Crippen molar-refractivity contribution in [2.75, 3.05) is 0 Å². The standard InChI is InChI=1S/C13H12ClFN4O/c1-7(6-16-8(2)14)17-13(20)12-18-10-4-3-9(15)5-11(10)19-12/h3-6H,1-2H3,(H,17,20)(H,18,19)/b7-6+,16-8+. The predicted octanol–water partition coefficient (Wildman–Crippen LogP) is 2.95. The molecule has 104 valence electrons. The molecule has 2 N–H and O–H groups in total. The maximum atomic E-state index is 13.0. The first kappa shape index (κ1) is 14.2. The minimum absolute atomic E-state index is 0.102. The number of fused-ring (bicyclic) bond motifs is 1. The Kier molecular flexibility index (Phi) is 4.14. The van der Waals surface area contributed by atoms with Crippen LogP contribution in [0.1, 0.15) is 24.5 Å². The van der Waals surface area contributed by atoms with Crippen molar-refractivity contribution in [3.8, 4) is 0 Å². The fourth-order valence-corrected chi connectivity index (χ4v) is 1.59. The van der Waals surface area contributed by atoms with Gasteiger partial charge >= 0.3 is 0 Å². The third kappa shape index (κ3) is 3.42. The van der Waals surface area contributed by atoms with Gasteiger partial charge in [-0.3, -0.25) is 4.79 Å². The normalized spacial score (nSPS) is 12.8. The summed E-state index contributed by atoms with van der Waals surface area (Å²) in [4.78, 5) is 22.6. The van der Waals surface area contributed by atoms with Gasteiger partial charge in [-0.2, -0.15) is 0 Å². The number of aromatic amines is 1. The van der Waals surface area contributed by atoms with E-state index in [1.54, 1.807) is 13.8 Å². The fourth-order valence-electron chi connectivity index (χ4n) is 1.54. The van der Waals surface area contributed by atoms with Crippen LogP contribution in [-0.4, -0.2) is 21.0 Å². The lowest BCUT2D eigenvalue weighted by Gasteiger charge is -2.00. The number of halogens is 2. The second-order valence-corrected chi connectivity index (χ2v) is 4.69. The molecule has 2 rings (SSSR count). The summed E-state index contributed by atoms with van der Waals surface area (Å²) in [5.41, 5.74) is 1.50. The molecule has 20 heavy (non-hydrogen) atoms. The molecule has 0 saturated heterocycles. The van der Waals surface area contributed by atoms with Gasteiger partial charge in [-0.05, 0) is 26.0 Å². The number of allylic oxidation sites excluding steroid dienone is 1. The Labute approximate surface area is 119 Å². The van der Waals surface area contributed by atoms with Crippen LogP contribution in [0.25, 0.3) is 11.0 Å². The summed E-state index contributed by atoms with van der Waals surface area (Å²) in [6.45, 7) is 3.30. The van der Waals surface area contributed by atoms with Crippen LogP contribution in [-0.2, 0) is 0 Å². The van der Waals surface area contributed by atoms with Gasteiger partial charge in [-0.25, -0.2) is 14.4 Å². The van der Waals surface area contributed by atoms with Crippen molar-refractivity contribution in [2.45, 2.75) is 13.8 Å². The molecule has 0 saturated carbocycles. The maximum Gasteiger partial charge on any atom is 0.291 e. The van der Waals surface area contributed by atoms with Crippen molar-refractivity contribution in [2.24, 2.45) is 4.99 Å². The number of hydrogen-bond acceptors (Lipinski definition) is 3. The Morgan fingerprint density at radius 3 is 2.95 bits per heavy atom. The highest BCUT2D eigenvalue weighted by molar-refractivity contribution is 6.64. The van der Waals surface area contributed by atoms with Crippen LogP contribution in [0.5, 0.6) is 0 Å². The number of imidazole rings is 1. The van der Waals surface area contributed by atoms with Gasteiger partial charge in [-0.1, -0.05) is 11.6 Å². The number of amides is 1. The third-order valence-electron chi connectivity index (χ3n) is 2.41. The molecule has 0 unspecified atom stereocenters. The van der Waals surface area contributed by atoms with Crippen LogP contribution in [0.2, 0.25) is 0 Å². The van der Waals surface area contributed by atoms with Crippen LogP contribution in [0.4, 0.5) is 4.39 Å². The summed E-state index contributed by atoms with van der Waals surface area (Å²) in [7, 11) is 0. The number of hydrogen-bond donors (Lipinski definition) is 2. The van der Waals surface area contributed by atoms with E-state index < -0.39 is 11.7 Å². The minimum Gasteiger partial charge on any atom is -0.334 e. The molecule has 7 heteroatoms. The summed E-state index contributed by atoms with van der Waals surface area (Å²) in [6.07, 6.45) is 1.43. The van der Waals surface area contributed by atoms with Gasteiger partial charge in [0.15, 0.2) is 5.82 Å². The minimum atomic E-state index is -0.433. The summed E-state index contributed by atoms with van der Waals surface area (Å²) in [6, 6.07) is 4.08. The summed E-state index contributed by atoms with van der Waals surface area (Å²) < 4.78 is 13.0. The maximum absolute atomic E-state index is 13.0. The molecule has 1 aromatic carbocycles. The van der Waals surface area contributed by atoms with E-state index in [2.05, 4.69) is 20.3 Å². The second-order valence-electron chi connectivity index (χ2n) is 4.14. The Balaban J connectivity index is 2.19. The van der Waals surface area contributed by atoms with Crippen molar-refractivity contribution in [3.05, 3.63) is 41.7 Å². The molecule has 0 fully saturated rings. The molecule has 5 nitrogen and oxygen atoms in total. The monoisotopic (exact) mass is 294 g/mol. The van der Waals surface area contributed by atoms with Gasteiger partial charge in [0.05, 0.1) is 11.0 Å². The number of H-pyrrole nitrogens is 1. The number of aliphatic imine (C=N–C) groups is 1. The number of aromatic nitrogens is 2. The first-order valence-electron chi connectivity index (χ1n) is 5.79. The van der Waals surface area contributed by atoms with E-state index in [1.807, 2.05) is 0 Å². The number of benzene rings is 1. The average Bonchev–Trinajstić information content (AvgIpc) is 2.79. The molecule has 0 radical (unpaired) electrons. The highest BCUT2D eigenvalue weighted by Crippen LogP contribution is 2.13. The van der Waals surface area contributed by atoms with E-state index >= 15 is 0 Å². The van der Waals surface area contributed by atoms with E-state index in [1.165, 1.54) is 24.4 Å². The van der Waals surface area contributed by atoms with Crippen molar-refractivity contribution < 1.29 is 9.18 Å². The van der Waals surface area contributed by atoms with Gasteiger partial charge < -0.3 is 10.3 Å². The second kappa shape index (κ2) is 5.83. The fraction of sp³-hybridized carbons (Fsp3) is 0.154. The number of carbonyl (C=O) groups is 1. The number of carbonyl (C=O) groups excluding carboxylic acids is 1. The molecule has 2 aromatic rings. The third-order valence-corrected chi connectivity index (χ3v) is 2.50. The summed E-state index contributed by atoms with van der Waals surface area (Å²) >= 11 is 5.58. The zero-order chi connectivity index (χ0) is 14.7. The zero-order valence-corrected chi connectivity index (χ0v) is 11.6. The molecule has 1 aromatic heterocycles. The van der Waals surface area contributed by atoms with Crippen LogP contribution < -0.4 is 5.32 Å². The van der Waals surface area contributed by atoms with Crippen LogP contribution in [0, 0.1) is 5.82 Å². The Morgan fingerprint density at radius 1 is 1.50 bits per heavy atom. The largest absolute Gasteiger partial charge is 0.334 e. The van der Waals surface area contributed by atoms with E-state index in [4.69, 9.17) is 11.6 Å². The molecule has 0 aliphatic heterocycles. The van der Waals surface area contributed by atoms with Gasteiger partial charge in [0, 0.05) is 18.0 Å². The van der Waals surface area contributed by atoms with Gasteiger partial charge in [0.25, 0.3) is 5.91 Å². The first-order valence-corrected chi connectivity index (χ1v) is 6.17. The van der Waals surface area contributed by atoms with Gasteiger partial charge in [0.1, 0.15) is 11.0 Å². The molecule has 0 atom stereocenters. The Morgan fingerprint density at radius 2 is 2.25 bits per heavy atom. The van der Waals surface area contributed by atoms with Gasteiger partial charge in [0.2, 0.25) is 0 Å². The molecular weight excluding hydrogens is 283 g/mol. The van der Waals surface area contributed by atoms with E-state index in [0.29, 0.717) is 21.9 Å². The molecule has 1 amide bonds. The molecule has 1 heterocycles.